The fourth-order valence-electron chi connectivity index (χ4n) is 3.47. The number of nitrogens with one attached hydrogen (secondary N) is 2. The molecular formula is C19H19F3N2O3. The molecule has 1 aliphatic carbocycles. The van der Waals surface area contributed by atoms with Crippen LogP contribution in [0.5, 0.6) is 5.75 Å². The predicted octanol–water partition coefficient (Wildman–Crippen LogP) is 3.52. The molecule has 2 aromatic rings. The van der Waals surface area contributed by atoms with E-state index in [4.69, 9.17) is 4.74 Å². The molecular weight excluding hydrogens is 361 g/mol. The van der Waals surface area contributed by atoms with Crippen LogP contribution in [0.4, 0.5) is 13.2 Å². The zero-order valence-corrected chi connectivity index (χ0v) is 14.9. The Morgan fingerprint density at radius 3 is 2.63 bits per heavy atom. The number of carbonyl (C=O) groups excluding carboxylic acids is 1. The van der Waals surface area contributed by atoms with E-state index in [1.807, 2.05) is 19.1 Å². The number of pyridine rings is 1. The molecule has 3 rings (SSSR count). The molecule has 2 N–H and O–H groups in total. The molecule has 0 spiro atoms. The van der Waals surface area contributed by atoms with Crippen LogP contribution in [0.1, 0.15) is 51.6 Å². The van der Waals surface area contributed by atoms with Crippen molar-refractivity contribution in [2.45, 2.75) is 38.4 Å². The van der Waals surface area contributed by atoms with E-state index in [-0.39, 0.29) is 11.6 Å². The molecule has 1 aliphatic rings. The highest BCUT2D eigenvalue weighted by atomic mass is 19.4. The number of halogens is 3. The van der Waals surface area contributed by atoms with Crippen molar-refractivity contribution in [2.75, 3.05) is 7.11 Å². The molecule has 0 radical (unpaired) electrons. The number of carbonyl (C=O) groups is 1. The first kappa shape index (κ1) is 19.0. The standard InChI is InChI=1S/C19H19F3N2O3/c1-10-6-7-11-12(16(10)27-2)4-3-5-14(11)23-17(25)13-8-9-15(19(20,21)22)24-18(13)26/h6-9,14H,3-5H2,1-2H3,(H,23,25)(H,24,26). The minimum Gasteiger partial charge on any atom is -0.496 e. The number of amides is 1. The van der Waals surface area contributed by atoms with Crippen LogP contribution >= 0.6 is 0 Å². The van der Waals surface area contributed by atoms with Crippen molar-refractivity contribution in [1.82, 2.24) is 10.3 Å². The predicted molar refractivity (Wildman–Crippen MR) is 92.9 cm³/mol. The van der Waals surface area contributed by atoms with Crippen molar-refractivity contribution in [1.29, 1.82) is 0 Å². The number of rotatable bonds is 3. The van der Waals surface area contributed by atoms with Crippen molar-refractivity contribution >= 4 is 5.91 Å². The summed E-state index contributed by atoms with van der Waals surface area (Å²) in [5.41, 5.74) is 0.291. The summed E-state index contributed by atoms with van der Waals surface area (Å²) >= 11 is 0. The summed E-state index contributed by atoms with van der Waals surface area (Å²) < 4.78 is 43.5. The lowest BCUT2D eigenvalue weighted by molar-refractivity contribution is -0.141. The monoisotopic (exact) mass is 380 g/mol. The van der Waals surface area contributed by atoms with Gasteiger partial charge in [-0.1, -0.05) is 12.1 Å². The highest BCUT2D eigenvalue weighted by Gasteiger charge is 2.32. The molecule has 1 aromatic carbocycles. The summed E-state index contributed by atoms with van der Waals surface area (Å²) in [6, 6.07) is 5.06. The molecule has 0 saturated heterocycles. The zero-order chi connectivity index (χ0) is 19.8. The van der Waals surface area contributed by atoms with Crippen LogP contribution in [0.2, 0.25) is 0 Å². The fourth-order valence-corrected chi connectivity index (χ4v) is 3.47. The molecule has 1 amide bonds. The molecule has 1 aromatic heterocycles. The summed E-state index contributed by atoms with van der Waals surface area (Å²) in [6.07, 6.45) is -2.37. The molecule has 0 fully saturated rings. The third-order valence-electron chi connectivity index (χ3n) is 4.76. The largest absolute Gasteiger partial charge is 0.496 e. The molecule has 27 heavy (non-hydrogen) atoms. The SMILES string of the molecule is COc1c(C)ccc2c1CCCC2NC(=O)c1ccc(C(F)(F)F)[nH]c1=O. The number of methoxy groups -OCH3 is 1. The van der Waals surface area contributed by atoms with Gasteiger partial charge in [-0.25, -0.2) is 0 Å². The Balaban J connectivity index is 1.88. The minimum absolute atomic E-state index is 0.336. The van der Waals surface area contributed by atoms with E-state index in [1.165, 1.54) is 0 Å². The van der Waals surface area contributed by atoms with Gasteiger partial charge in [0.05, 0.1) is 13.2 Å². The van der Waals surface area contributed by atoms with Crippen LogP contribution in [0.25, 0.3) is 0 Å². The lowest BCUT2D eigenvalue weighted by Crippen LogP contribution is -2.35. The van der Waals surface area contributed by atoms with E-state index < -0.39 is 23.3 Å². The Hall–Kier alpha value is -2.77. The lowest BCUT2D eigenvalue weighted by Gasteiger charge is -2.28. The maximum atomic E-state index is 12.7. The van der Waals surface area contributed by atoms with Crippen LogP contribution in [0, 0.1) is 6.92 Å². The fraction of sp³-hybridized carbons (Fsp3) is 0.368. The van der Waals surface area contributed by atoms with E-state index in [0.29, 0.717) is 12.5 Å². The second kappa shape index (κ2) is 7.09. The number of H-pyrrole nitrogens is 1. The van der Waals surface area contributed by atoms with Crippen molar-refractivity contribution in [2.24, 2.45) is 0 Å². The van der Waals surface area contributed by atoms with Gasteiger partial charge in [-0.05, 0) is 55.0 Å². The van der Waals surface area contributed by atoms with E-state index >= 15 is 0 Å². The molecule has 0 aliphatic heterocycles. The van der Waals surface area contributed by atoms with Gasteiger partial charge in [-0.3, -0.25) is 9.59 Å². The Labute approximate surface area is 153 Å². The third kappa shape index (κ3) is 3.70. The highest BCUT2D eigenvalue weighted by Crippen LogP contribution is 2.37. The van der Waals surface area contributed by atoms with Crippen molar-refractivity contribution < 1.29 is 22.7 Å². The van der Waals surface area contributed by atoms with Crippen LogP contribution < -0.4 is 15.6 Å². The quantitative estimate of drug-likeness (QED) is 0.856. The van der Waals surface area contributed by atoms with Gasteiger partial charge in [-0.15, -0.1) is 0 Å². The van der Waals surface area contributed by atoms with Gasteiger partial charge in [0.1, 0.15) is 17.0 Å². The maximum Gasteiger partial charge on any atom is 0.431 e. The summed E-state index contributed by atoms with van der Waals surface area (Å²) in [5, 5.41) is 2.77. The van der Waals surface area contributed by atoms with Gasteiger partial charge in [0.2, 0.25) is 0 Å². The minimum atomic E-state index is -4.68. The van der Waals surface area contributed by atoms with E-state index in [9.17, 15) is 22.8 Å². The number of benzene rings is 1. The highest BCUT2D eigenvalue weighted by molar-refractivity contribution is 5.94. The van der Waals surface area contributed by atoms with Gasteiger partial charge < -0.3 is 15.0 Å². The van der Waals surface area contributed by atoms with Gasteiger partial charge >= 0.3 is 6.18 Å². The van der Waals surface area contributed by atoms with Gasteiger partial charge in [0.15, 0.2) is 0 Å². The average molecular weight is 380 g/mol. The molecule has 0 saturated carbocycles. The summed E-state index contributed by atoms with van der Waals surface area (Å²) in [4.78, 5) is 26.1. The number of aryl methyl sites for hydroxylation is 1. The number of aromatic nitrogens is 1. The Morgan fingerprint density at radius 1 is 1.26 bits per heavy atom. The van der Waals surface area contributed by atoms with Gasteiger partial charge in [-0.2, -0.15) is 13.2 Å². The van der Waals surface area contributed by atoms with Crippen LogP contribution in [-0.4, -0.2) is 18.0 Å². The van der Waals surface area contributed by atoms with Crippen LogP contribution in [-0.2, 0) is 12.6 Å². The van der Waals surface area contributed by atoms with Crippen molar-refractivity contribution in [3.63, 3.8) is 0 Å². The summed E-state index contributed by atoms with van der Waals surface area (Å²) in [5.74, 6) is 0.0705. The first-order valence-electron chi connectivity index (χ1n) is 8.50. The number of hydrogen-bond acceptors (Lipinski definition) is 3. The normalized spacial score (nSPS) is 16.6. The molecule has 1 atom stereocenters. The summed E-state index contributed by atoms with van der Waals surface area (Å²) in [6.45, 7) is 1.93. The van der Waals surface area contributed by atoms with Crippen molar-refractivity contribution in [3.05, 3.63) is 62.6 Å². The van der Waals surface area contributed by atoms with Gasteiger partial charge in [0.25, 0.3) is 11.5 Å². The Bertz CT molecular complexity index is 935. The molecule has 8 heteroatoms. The van der Waals surface area contributed by atoms with E-state index in [2.05, 4.69) is 5.32 Å². The zero-order valence-electron chi connectivity index (χ0n) is 14.9. The summed E-state index contributed by atoms with van der Waals surface area (Å²) in [7, 11) is 1.59. The topological polar surface area (TPSA) is 71.2 Å². The van der Waals surface area contributed by atoms with E-state index in [1.54, 1.807) is 12.1 Å². The number of hydrogen-bond donors (Lipinski definition) is 2. The smallest absolute Gasteiger partial charge is 0.431 e. The number of ether oxygens (including phenoxy) is 1. The second-order valence-electron chi connectivity index (χ2n) is 6.51. The van der Waals surface area contributed by atoms with E-state index in [0.717, 1.165) is 41.3 Å². The van der Waals surface area contributed by atoms with Crippen LogP contribution in [0.15, 0.2) is 29.1 Å². The molecule has 1 unspecified atom stereocenters. The molecule has 0 bridgehead atoms. The number of alkyl halides is 3. The third-order valence-corrected chi connectivity index (χ3v) is 4.76. The molecule has 144 valence electrons. The average Bonchev–Trinajstić information content (AvgIpc) is 2.60. The molecule has 1 heterocycles. The first-order valence-corrected chi connectivity index (χ1v) is 8.50. The lowest BCUT2D eigenvalue weighted by atomic mass is 9.85. The van der Waals surface area contributed by atoms with Crippen molar-refractivity contribution in [3.8, 4) is 5.75 Å². The first-order chi connectivity index (χ1) is 12.7. The molecule has 5 nitrogen and oxygen atoms in total. The van der Waals surface area contributed by atoms with Crippen LogP contribution in [0.3, 0.4) is 0 Å². The maximum absolute atomic E-state index is 12.7. The number of fused-ring (bicyclic) bond motifs is 1. The number of aromatic amines is 1. The second-order valence-corrected chi connectivity index (χ2v) is 6.51. The Kier molecular flexibility index (Phi) is 4.99. The van der Waals surface area contributed by atoms with Gasteiger partial charge in [0, 0.05) is 0 Å². The Morgan fingerprint density at radius 2 is 2.00 bits per heavy atom.